The Labute approximate surface area is 176 Å². The fourth-order valence-corrected chi connectivity index (χ4v) is 3.66. The number of aromatic nitrogens is 2. The zero-order valence-corrected chi connectivity index (χ0v) is 16.8. The number of fused-ring (bicyclic) bond motifs is 1. The number of hydrogen-bond acceptors (Lipinski definition) is 7. The molecule has 0 saturated carbocycles. The summed E-state index contributed by atoms with van der Waals surface area (Å²) in [6.07, 6.45) is 1.51. The first-order valence-corrected chi connectivity index (χ1v) is 9.92. The van der Waals surface area contributed by atoms with Crippen LogP contribution < -0.4 is 10.1 Å². The molecule has 1 amide bonds. The van der Waals surface area contributed by atoms with Crippen LogP contribution in [0.25, 0.3) is 10.2 Å². The SMILES string of the molecule is Cc1ccc2nc(NC(=O)COC(=O)c3cccnc3Oc3ccccc3)sc2c1. The molecule has 0 atom stereocenters. The van der Waals surface area contributed by atoms with Gasteiger partial charge in [0.25, 0.3) is 5.91 Å². The summed E-state index contributed by atoms with van der Waals surface area (Å²) in [7, 11) is 0. The normalized spacial score (nSPS) is 10.6. The van der Waals surface area contributed by atoms with Crippen LogP contribution in [-0.4, -0.2) is 28.5 Å². The van der Waals surface area contributed by atoms with Gasteiger partial charge >= 0.3 is 5.97 Å². The van der Waals surface area contributed by atoms with Gasteiger partial charge in [-0.2, -0.15) is 0 Å². The fourth-order valence-electron chi connectivity index (χ4n) is 2.68. The van der Waals surface area contributed by atoms with E-state index in [0.717, 1.165) is 15.8 Å². The van der Waals surface area contributed by atoms with Crippen molar-refractivity contribution in [3.8, 4) is 11.6 Å². The summed E-state index contributed by atoms with van der Waals surface area (Å²) < 4.78 is 11.8. The number of benzene rings is 2. The van der Waals surface area contributed by atoms with Crippen molar-refractivity contribution in [2.75, 3.05) is 11.9 Å². The van der Waals surface area contributed by atoms with Crippen molar-refractivity contribution in [2.45, 2.75) is 6.92 Å². The highest BCUT2D eigenvalue weighted by atomic mass is 32.1. The van der Waals surface area contributed by atoms with Gasteiger partial charge in [0.05, 0.1) is 10.2 Å². The molecule has 2 aromatic heterocycles. The minimum atomic E-state index is -0.705. The number of nitrogens with one attached hydrogen (secondary N) is 1. The van der Waals surface area contributed by atoms with Crippen molar-refractivity contribution in [3.05, 3.63) is 78.0 Å². The van der Waals surface area contributed by atoms with E-state index in [0.29, 0.717) is 10.9 Å². The molecular weight excluding hydrogens is 402 g/mol. The van der Waals surface area contributed by atoms with Crippen LogP contribution in [0, 0.1) is 6.92 Å². The van der Waals surface area contributed by atoms with Gasteiger partial charge in [-0.15, -0.1) is 0 Å². The first-order chi connectivity index (χ1) is 14.6. The number of anilines is 1. The Bertz CT molecular complexity index is 1210. The van der Waals surface area contributed by atoms with Crippen LogP contribution in [0.3, 0.4) is 0 Å². The number of thiazole rings is 1. The predicted octanol–water partition coefficient (Wildman–Crippen LogP) is 4.59. The Morgan fingerprint density at radius 3 is 2.73 bits per heavy atom. The maximum atomic E-state index is 12.5. The molecule has 2 heterocycles. The topological polar surface area (TPSA) is 90.4 Å². The molecule has 0 aliphatic heterocycles. The molecular formula is C22H17N3O4S. The summed E-state index contributed by atoms with van der Waals surface area (Å²) in [5.41, 5.74) is 2.04. The van der Waals surface area contributed by atoms with Crippen LogP contribution in [0.2, 0.25) is 0 Å². The minimum Gasteiger partial charge on any atom is -0.452 e. The molecule has 2 aromatic carbocycles. The number of nitrogens with zero attached hydrogens (tertiary/aromatic N) is 2. The standard InChI is InChI=1S/C22H17N3O4S/c1-14-9-10-17-18(12-14)30-22(24-17)25-19(26)13-28-21(27)16-8-5-11-23-20(16)29-15-6-3-2-4-7-15/h2-12H,13H2,1H3,(H,24,25,26). The average molecular weight is 419 g/mol. The molecule has 4 aromatic rings. The Morgan fingerprint density at radius 2 is 1.90 bits per heavy atom. The number of aryl methyl sites for hydroxylation is 1. The number of hydrogen-bond donors (Lipinski definition) is 1. The molecule has 4 rings (SSSR count). The molecule has 0 saturated heterocycles. The Hall–Kier alpha value is -3.78. The minimum absolute atomic E-state index is 0.107. The maximum Gasteiger partial charge on any atom is 0.344 e. The van der Waals surface area contributed by atoms with E-state index in [-0.39, 0.29) is 11.4 Å². The molecule has 0 bridgehead atoms. The van der Waals surface area contributed by atoms with Gasteiger partial charge in [0.2, 0.25) is 5.88 Å². The summed E-state index contributed by atoms with van der Waals surface area (Å²) in [4.78, 5) is 33.1. The highest BCUT2D eigenvalue weighted by Crippen LogP contribution is 2.27. The molecule has 7 nitrogen and oxygen atoms in total. The second kappa shape index (κ2) is 8.71. The molecule has 0 aliphatic carbocycles. The third-order valence-electron chi connectivity index (χ3n) is 4.07. The van der Waals surface area contributed by atoms with E-state index >= 15 is 0 Å². The number of ether oxygens (including phenoxy) is 2. The number of amides is 1. The molecule has 1 N–H and O–H groups in total. The van der Waals surface area contributed by atoms with Gasteiger partial charge < -0.3 is 9.47 Å². The lowest BCUT2D eigenvalue weighted by atomic mass is 10.2. The number of carbonyl (C=O) groups excluding carboxylic acids is 2. The van der Waals surface area contributed by atoms with Gasteiger partial charge in [-0.05, 0) is 48.9 Å². The van der Waals surface area contributed by atoms with Crippen molar-refractivity contribution >= 4 is 38.6 Å². The van der Waals surface area contributed by atoms with Gasteiger partial charge in [-0.3, -0.25) is 10.1 Å². The summed E-state index contributed by atoms with van der Waals surface area (Å²) in [6, 6.07) is 17.9. The Balaban J connectivity index is 1.39. The summed E-state index contributed by atoms with van der Waals surface area (Å²) in [5, 5.41) is 3.11. The monoisotopic (exact) mass is 419 g/mol. The first kappa shape index (κ1) is 19.5. The number of esters is 1. The highest BCUT2D eigenvalue weighted by Gasteiger charge is 2.18. The van der Waals surface area contributed by atoms with Crippen LogP contribution in [0.1, 0.15) is 15.9 Å². The van der Waals surface area contributed by atoms with Crippen molar-refractivity contribution in [1.29, 1.82) is 0 Å². The first-order valence-electron chi connectivity index (χ1n) is 9.10. The molecule has 150 valence electrons. The predicted molar refractivity (Wildman–Crippen MR) is 114 cm³/mol. The molecule has 0 radical (unpaired) electrons. The van der Waals surface area contributed by atoms with Crippen LogP contribution in [0.15, 0.2) is 66.9 Å². The van der Waals surface area contributed by atoms with Gasteiger partial charge in [-0.25, -0.2) is 14.8 Å². The lowest BCUT2D eigenvalue weighted by Gasteiger charge is -2.09. The number of rotatable bonds is 6. The van der Waals surface area contributed by atoms with Gasteiger partial charge in [0, 0.05) is 6.20 Å². The van der Waals surface area contributed by atoms with E-state index in [4.69, 9.17) is 9.47 Å². The Kier molecular flexibility index (Phi) is 5.67. The highest BCUT2D eigenvalue weighted by molar-refractivity contribution is 7.22. The summed E-state index contributed by atoms with van der Waals surface area (Å²) >= 11 is 1.36. The zero-order valence-electron chi connectivity index (χ0n) is 16.0. The number of pyridine rings is 1. The molecule has 0 fully saturated rings. The van der Waals surface area contributed by atoms with E-state index in [1.54, 1.807) is 18.2 Å². The van der Waals surface area contributed by atoms with E-state index in [2.05, 4.69) is 15.3 Å². The molecule has 0 unspecified atom stereocenters. The largest absolute Gasteiger partial charge is 0.452 e. The molecule has 8 heteroatoms. The lowest BCUT2D eigenvalue weighted by molar-refractivity contribution is -0.119. The number of para-hydroxylation sites is 1. The van der Waals surface area contributed by atoms with E-state index in [1.165, 1.54) is 23.6 Å². The molecule has 30 heavy (non-hydrogen) atoms. The summed E-state index contributed by atoms with van der Waals surface area (Å²) in [5.74, 6) is -0.539. The quantitative estimate of drug-likeness (QED) is 0.460. The van der Waals surface area contributed by atoms with Crippen molar-refractivity contribution in [1.82, 2.24) is 9.97 Å². The second-order valence-electron chi connectivity index (χ2n) is 6.39. The van der Waals surface area contributed by atoms with Gasteiger partial charge in [-0.1, -0.05) is 35.6 Å². The average Bonchev–Trinajstić information content (AvgIpc) is 3.14. The van der Waals surface area contributed by atoms with Gasteiger partial charge in [0.15, 0.2) is 11.7 Å². The molecule has 0 spiro atoms. The second-order valence-corrected chi connectivity index (χ2v) is 7.42. The van der Waals surface area contributed by atoms with Crippen LogP contribution in [-0.2, 0) is 9.53 Å². The van der Waals surface area contributed by atoms with E-state index in [9.17, 15) is 9.59 Å². The Morgan fingerprint density at radius 1 is 1.07 bits per heavy atom. The van der Waals surface area contributed by atoms with E-state index < -0.39 is 18.5 Å². The van der Waals surface area contributed by atoms with Crippen molar-refractivity contribution < 1.29 is 19.1 Å². The number of carbonyl (C=O) groups is 2. The summed E-state index contributed by atoms with van der Waals surface area (Å²) in [6.45, 7) is 1.54. The third kappa shape index (κ3) is 4.61. The van der Waals surface area contributed by atoms with Crippen LogP contribution in [0.4, 0.5) is 5.13 Å². The van der Waals surface area contributed by atoms with Crippen LogP contribution in [0.5, 0.6) is 11.6 Å². The van der Waals surface area contributed by atoms with Crippen molar-refractivity contribution in [3.63, 3.8) is 0 Å². The third-order valence-corrected chi connectivity index (χ3v) is 5.01. The maximum absolute atomic E-state index is 12.5. The van der Waals surface area contributed by atoms with Crippen LogP contribution >= 0.6 is 11.3 Å². The van der Waals surface area contributed by atoms with E-state index in [1.807, 2.05) is 43.3 Å². The fraction of sp³-hybridized carbons (Fsp3) is 0.0909. The lowest BCUT2D eigenvalue weighted by Crippen LogP contribution is -2.21. The molecule has 0 aliphatic rings. The zero-order chi connectivity index (χ0) is 20.9. The smallest absolute Gasteiger partial charge is 0.344 e. The van der Waals surface area contributed by atoms with Crippen molar-refractivity contribution in [2.24, 2.45) is 0 Å². The van der Waals surface area contributed by atoms with Gasteiger partial charge in [0.1, 0.15) is 11.3 Å².